The highest BCUT2D eigenvalue weighted by atomic mass is 35.5. The number of hydrogen-bond donors (Lipinski definition) is 0. The van der Waals surface area contributed by atoms with E-state index in [4.69, 9.17) is 11.6 Å². The van der Waals surface area contributed by atoms with Gasteiger partial charge in [-0.15, -0.1) is 0 Å². The molecule has 16 heavy (non-hydrogen) atoms. The van der Waals surface area contributed by atoms with Gasteiger partial charge < -0.3 is 4.90 Å². The number of hydrogen-bond acceptors (Lipinski definition) is 3. The Hall–Kier alpha value is -1.16. The van der Waals surface area contributed by atoms with Crippen LogP contribution >= 0.6 is 11.6 Å². The molecule has 1 aromatic heterocycles. The molecule has 1 aromatic rings. The summed E-state index contributed by atoms with van der Waals surface area (Å²) < 4.78 is 0. The molecular formula is C11H14ClN3O. The Morgan fingerprint density at radius 3 is 2.94 bits per heavy atom. The maximum absolute atomic E-state index is 12.0. The van der Waals surface area contributed by atoms with Crippen molar-refractivity contribution in [2.45, 2.75) is 19.8 Å². The molecule has 0 bridgehead atoms. The minimum Gasteiger partial charge on any atom is -0.337 e. The van der Waals surface area contributed by atoms with E-state index < -0.39 is 0 Å². The van der Waals surface area contributed by atoms with E-state index in [1.165, 1.54) is 12.4 Å². The average molecular weight is 240 g/mol. The van der Waals surface area contributed by atoms with Crippen molar-refractivity contribution in [3.63, 3.8) is 0 Å². The van der Waals surface area contributed by atoms with Gasteiger partial charge in [-0.05, 0) is 12.3 Å². The van der Waals surface area contributed by atoms with Crippen molar-refractivity contribution in [2.75, 3.05) is 13.1 Å². The molecule has 1 saturated heterocycles. The smallest absolute Gasteiger partial charge is 0.274 e. The lowest BCUT2D eigenvalue weighted by atomic mass is 10.1. The molecule has 1 aliphatic heterocycles. The normalized spacial score (nSPS) is 20.1. The summed E-state index contributed by atoms with van der Waals surface area (Å²) in [4.78, 5) is 21.7. The van der Waals surface area contributed by atoms with Gasteiger partial charge in [-0.25, -0.2) is 9.97 Å². The molecule has 0 aromatic carbocycles. The van der Waals surface area contributed by atoms with Gasteiger partial charge in [0.05, 0.1) is 12.4 Å². The predicted molar refractivity (Wildman–Crippen MR) is 61.3 cm³/mol. The topological polar surface area (TPSA) is 46.1 Å². The summed E-state index contributed by atoms with van der Waals surface area (Å²) in [6, 6.07) is 0. The van der Waals surface area contributed by atoms with Gasteiger partial charge in [-0.2, -0.15) is 0 Å². The van der Waals surface area contributed by atoms with Crippen molar-refractivity contribution in [2.24, 2.45) is 5.92 Å². The Bertz CT molecular complexity index is 379. The number of carbonyl (C=O) groups excluding carboxylic acids is 1. The van der Waals surface area contributed by atoms with Crippen LogP contribution in [0.25, 0.3) is 0 Å². The van der Waals surface area contributed by atoms with E-state index in [0.717, 1.165) is 25.9 Å². The number of likely N-dealkylation sites (tertiary alicyclic amines) is 1. The van der Waals surface area contributed by atoms with Crippen LogP contribution in [0.2, 0.25) is 5.15 Å². The van der Waals surface area contributed by atoms with Crippen LogP contribution in [-0.2, 0) is 0 Å². The molecule has 4 nitrogen and oxygen atoms in total. The van der Waals surface area contributed by atoms with E-state index in [1.807, 2.05) is 4.90 Å². The second-order valence-electron chi connectivity index (χ2n) is 4.04. The first kappa shape index (κ1) is 11.3. The monoisotopic (exact) mass is 239 g/mol. The zero-order chi connectivity index (χ0) is 11.5. The maximum atomic E-state index is 12.0. The zero-order valence-corrected chi connectivity index (χ0v) is 9.94. The summed E-state index contributed by atoms with van der Waals surface area (Å²) in [7, 11) is 0. The molecule has 0 radical (unpaired) electrons. The molecule has 0 saturated carbocycles. The van der Waals surface area contributed by atoms with Gasteiger partial charge in [0.15, 0.2) is 0 Å². The lowest BCUT2D eigenvalue weighted by Gasteiger charge is -2.15. The lowest BCUT2D eigenvalue weighted by Crippen LogP contribution is -2.29. The fraction of sp³-hybridized carbons (Fsp3) is 0.545. The average Bonchev–Trinajstić information content (AvgIpc) is 2.77. The number of aromatic nitrogens is 2. The third kappa shape index (κ3) is 2.32. The SMILES string of the molecule is CCC1CCN(C(=O)c2cnc(Cl)cn2)C1. The van der Waals surface area contributed by atoms with Crippen molar-refractivity contribution < 1.29 is 4.79 Å². The number of nitrogens with zero attached hydrogens (tertiary/aromatic N) is 3. The molecule has 2 rings (SSSR count). The van der Waals surface area contributed by atoms with Crippen LogP contribution in [0.3, 0.4) is 0 Å². The molecule has 2 heterocycles. The molecule has 1 atom stereocenters. The van der Waals surface area contributed by atoms with Gasteiger partial charge in [-0.3, -0.25) is 4.79 Å². The molecule has 1 unspecified atom stereocenters. The van der Waals surface area contributed by atoms with Crippen molar-refractivity contribution in [1.29, 1.82) is 0 Å². The van der Waals surface area contributed by atoms with Crippen LogP contribution in [-0.4, -0.2) is 33.9 Å². The standard InChI is InChI=1S/C11H14ClN3O/c1-2-8-3-4-15(7-8)11(16)9-5-14-10(12)6-13-9/h5-6,8H,2-4,7H2,1H3. The summed E-state index contributed by atoms with van der Waals surface area (Å²) in [5.41, 5.74) is 0.376. The number of carbonyl (C=O) groups is 1. The molecule has 0 aliphatic carbocycles. The highest BCUT2D eigenvalue weighted by molar-refractivity contribution is 6.29. The highest BCUT2D eigenvalue weighted by Gasteiger charge is 2.26. The van der Waals surface area contributed by atoms with Gasteiger partial charge in [0, 0.05) is 13.1 Å². The van der Waals surface area contributed by atoms with E-state index in [2.05, 4.69) is 16.9 Å². The second kappa shape index (κ2) is 4.78. The number of halogens is 1. The molecule has 0 N–H and O–H groups in total. The lowest BCUT2D eigenvalue weighted by molar-refractivity contribution is 0.0780. The van der Waals surface area contributed by atoms with Gasteiger partial charge >= 0.3 is 0 Å². The summed E-state index contributed by atoms with van der Waals surface area (Å²) in [6.45, 7) is 3.81. The first-order chi connectivity index (χ1) is 7.70. The van der Waals surface area contributed by atoms with Crippen LogP contribution in [0.5, 0.6) is 0 Å². The molecule has 1 amide bonds. The summed E-state index contributed by atoms with van der Waals surface area (Å²) in [5.74, 6) is 0.587. The molecular weight excluding hydrogens is 226 g/mol. The highest BCUT2D eigenvalue weighted by Crippen LogP contribution is 2.20. The molecule has 1 fully saturated rings. The van der Waals surface area contributed by atoms with E-state index in [1.54, 1.807) is 0 Å². The first-order valence-corrected chi connectivity index (χ1v) is 5.85. The Balaban J connectivity index is 2.05. The Labute approximate surface area is 99.6 Å². The first-order valence-electron chi connectivity index (χ1n) is 5.47. The van der Waals surface area contributed by atoms with Crippen LogP contribution < -0.4 is 0 Å². The van der Waals surface area contributed by atoms with Gasteiger partial charge in [0.25, 0.3) is 5.91 Å². The molecule has 5 heteroatoms. The van der Waals surface area contributed by atoms with Crippen molar-refractivity contribution in [1.82, 2.24) is 14.9 Å². The quantitative estimate of drug-likeness (QED) is 0.793. The Morgan fingerprint density at radius 1 is 1.56 bits per heavy atom. The van der Waals surface area contributed by atoms with Crippen LogP contribution in [0.15, 0.2) is 12.4 Å². The van der Waals surface area contributed by atoms with E-state index >= 15 is 0 Å². The van der Waals surface area contributed by atoms with Gasteiger partial charge in [-0.1, -0.05) is 24.9 Å². The van der Waals surface area contributed by atoms with Gasteiger partial charge in [0.1, 0.15) is 10.8 Å². The van der Waals surface area contributed by atoms with Crippen LogP contribution in [0.4, 0.5) is 0 Å². The zero-order valence-electron chi connectivity index (χ0n) is 9.19. The van der Waals surface area contributed by atoms with Crippen molar-refractivity contribution in [3.05, 3.63) is 23.2 Å². The summed E-state index contributed by atoms with van der Waals surface area (Å²) in [6.07, 6.45) is 5.05. The maximum Gasteiger partial charge on any atom is 0.274 e. The molecule has 86 valence electrons. The summed E-state index contributed by atoms with van der Waals surface area (Å²) in [5, 5.41) is 0.310. The van der Waals surface area contributed by atoms with E-state index in [-0.39, 0.29) is 5.91 Å². The molecule has 0 spiro atoms. The third-order valence-corrected chi connectivity index (χ3v) is 3.19. The number of amides is 1. The minimum atomic E-state index is -0.0416. The van der Waals surface area contributed by atoms with Gasteiger partial charge in [0.2, 0.25) is 0 Å². The predicted octanol–water partition coefficient (Wildman–Crippen LogP) is 2.00. The van der Waals surface area contributed by atoms with Crippen molar-refractivity contribution in [3.8, 4) is 0 Å². The fourth-order valence-electron chi connectivity index (χ4n) is 1.94. The third-order valence-electron chi connectivity index (χ3n) is 2.99. The Morgan fingerprint density at radius 2 is 2.38 bits per heavy atom. The Kier molecular flexibility index (Phi) is 3.39. The van der Waals surface area contributed by atoms with E-state index in [0.29, 0.717) is 16.8 Å². The van der Waals surface area contributed by atoms with Crippen LogP contribution in [0.1, 0.15) is 30.3 Å². The second-order valence-corrected chi connectivity index (χ2v) is 4.43. The summed E-state index contributed by atoms with van der Waals surface area (Å²) >= 11 is 5.62. The number of rotatable bonds is 2. The minimum absolute atomic E-state index is 0.0416. The fourth-order valence-corrected chi connectivity index (χ4v) is 2.03. The van der Waals surface area contributed by atoms with E-state index in [9.17, 15) is 4.79 Å². The van der Waals surface area contributed by atoms with Crippen molar-refractivity contribution >= 4 is 17.5 Å². The largest absolute Gasteiger partial charge is 0.337 e. The van der Waals surface area contributed by atoms with Crippen LogP contribution in [0, 0.1) is 5.92 Å². The molecule has 1 aliphatic rings.